The van der Waals surface area contributed by atoms with Gasteiger partial charge in [0, 0.05) is 6.54 Å². The third-order valence-corrected chi connectivity index (χ3v) is 3.49. The Labute approximate surface area is 105 Å². The molecule has 18 heavy (non-hydrogen) atoms. The first-order valence-electron chi connectivity index (χ1n) is 5.15. The van der Waals surface area contributed by atoms with E-state index >= 15 is 0 Å². The third-order valence-electron chi connectivity index (χ3n) is 1.89. The van der Waals surface area contributed by atoms with Crippen LogP contribution in [0.15, 0.2) is 29.2 Å². The Morgan fingerprint density at radius 3 is 2.67 bits per heavy atom. The van der Waals surface area contributed by atoms with E-state index in [-0.39, 0.29) is 17.1 Å². The number of aliphatic carboxylic acids is 1. The van der Waals surface area contributed by atoms with E-state index in [1.165, 1.54) is 12.1 Å². The molecule has 0 spiro atoms. The molecule has 0 aliphatic rings. The van der Waals surface area contributed by atoms with Gasteiger partial charge in [-0.15, -0.1) is 0 Å². The number of nitrogens with one attached hydrogen (secondary N) is 2. The summed E-state index contributed by atoms with van der Waals surface area (Å²) in [6, 6.07) is 6.04. The van der Waals surface area contributed by atoms with Gasteiger partial charge >= 0.3 is 5.97 Å². The summed E-state index contributed by atoms with van der Waals surface area (Å²) in [6.45, 7) is 1.34. The average Bonchev–Trinajstić information content (AvgIpc) is 2.29. The Morgan fingerprint density at radius 2 is 2.06 bits per heavy atom. The second-order valence-corrected chi connectivity index (χ2v) is 5.02. The zero-order valence-corrected chi connectivity index (χ0v) is 10.5. The van der Waals surface area contributed by atoms with Crippen molar-refractivity contribution in [3.63, 3.8) is 0 Å². The van der Waals surface area contributed by atoms with Crippen LogP contribution < -0.4 is 10.2 Å². The van der Waals surface area contributed by atoms with Gasteiger partial charge in [-0.05, 0) is 12.1 Å². The molecule has 3 N–H and O–H groups in total. The summed E-state index contributed by atoms with van der Waals surface area (Å²) in [5.41, 5.74) is 2.49. The van der Waals surface area contributed by atoms with Crippen molar-refractivity contribution in [2.75, 3.05) is 18.6 Å². The van der Waals surface area contributed by atoms with Crippen LogP contribution in [0.1, 0.15) is 6.92 Å². The minimum absolute atomic E-state index is 0.00256. The summed E-state index contributed by atoms with van der Waals surface area (Å²) < 4.78 is 26.0. The van der Waals surface area contributed by atoms with Crippen molar-refractivity contribution in [2.45, 2.75) is 11.8 Å². The third kappa shape index (κ3) is 3.99. The van der Waals surface area contributed by atoms with Crippen LogP contribution in [0.2, 0.25) is 0 Å². The van der Waals surface area contributed by atoms with Gasteiger partial charge in [0.05, 0.1) is 5.69 Å². The van der Waals surface area contributed by atoms with Crippen LogP contribution >= 0.6 is 0 Å². The first-order chi connectivity index (χ1) is 8.47. The molecule has 0 amide bonds. The Morgan fingerprint density at radius 1 is 1.39 bits per heavy atom. The lowest BCUT2D eigenvalue weighted by Crippen LogP contribution is -2.24. The molecule has 0 aromatic heterocycles. The Balaban J connectivity index is 2.89. The normalized spacial score (nSPS) is 11.2. The summed E-state index contributed by atoms with van der Waals surface area (Å²) in [7, 11) is -3.63. The van der Waals surface area contributed by atoms with E-state index in [1.807, 2.05) is 0 Å². The number of hydrogen-bond donors (Lipinski definition) is 3. The molecule has 0 saturated carbocycles. The van der Waals surface area contributed by atoms with E-state index in [0.717, 1.165) is 0 Å². The van der Waals surface area contributed by atoms with E-state index in [2.05, 4.69) is 15.0 Å². The highest BCUT2D eigenvalue weighted by Crippen LogP contribution is 2.20. The smallest absolute Gasteiger partial charge is 0.332 e. The van der Waals surface area contributed by atoms with Gasteiger partial charge in [0.25, 0.3) is 0 Å². The van der Waals surface area contributed by atoms with Crippen LogP contribution in [0.3, 0.4) is 0 Å². The molecular weight excluding hydrogens is 260 g/mol. The number of carboxylic acid groups (broad SMARTS) is 1. The summed E-state index contributed by atoms with van der Waals surface area (Å²) in [5.74, 6) is -1.16. The molecule has 100 valence electrons. The number of anilines is 1. The molecular formula is C10H14N2O5S. The zero-order chi connectivity index (χ0) is 13.6. The molecule has 1 rings (SSSR count). The molecule has 0 radical (unpaired) electrons. The van der Waals surface area contributed by atoms with Crippen molar-refractivity contribution in [3.8, 4) is 0 Å². The molecule has 0 bridgehead atoms. The van der Waals surface area contributed by atoms with Gasteiger partial charge in [-0.25, -0.2) is 17.9 Å². The van der Waals surface area contributed by atoms with Crippen molar-refractivity contribution >= 4 is 21.7 Å². The predicted molar refractivity (Wildman–Crippen MR) is 64.5 cm³/mol. The fraction of sp³-hybridized carbons (Fsp3) is 0.300. The lowest BCUT2D eigenvalue weighted by Gasteiger charge is -2.11. The summed E-state index contributed by atoms with van der Waals surface area (Å²) in [4.78, 5) is 14.9. The van der Waals surface area contributed by atoms with E-state index in [4.69, 9.17) is 5.11 Å². The molecule has 0 unspecified atom stereocenters. The van der Waals surface area contributed by atoms with Crippen molar-refractivity contribution in [1.82, 2.24) is 4.72 Å². The van der Waals surface area contributed by atoms with Crippen LogP contribution in [0.25, 0.3) is 0 Å². The van der Waals surface area contributed by atoms with Gasteiger partial charge in [0.15, 0.2) is 6.61 Å². The highest BCUT2D eigenvalue weighted by Gasteiger charge is 2.17. The van der Waals surface area contributed by atoms with Crippen molar-refractivity contribution in [3.05, 3.63) is 24.3 Å². The van der Waals surface area contributed by atoms with Crippen molar-refractivity contribution < 1.29 is 23.2 Å². The molecule has 0 aliphatic carbocycles. The molecule has 8 heteroatoms. The molecule has 1 aromatic rings. The predicted octanol–water partition coefficient (Wildman–Crippen LogP) is 0.413. The van der Waals surface area contributed by atoms with Gasteiger partial charge in [-0.1, -0.05) is 19.1 Å². The highest BCUT2D eigenvalue weighted by molar-refractivity contribution is 7.89. The maximum Gasteiger partial charge on any atom is 0.332 e. The van der Waals surface area contributed by atoms with Crippen LogP contribution in [0, 0.1) is 0 Å². The van der Waals surface area contributed by atoms with Crippen LogP contribution in [-0.4, -0.2) is 32.6 Å². The number of sulfonamides is 1. The molecule has 7 nitrogen and oxygen atoms in total. The monoisotopic (exact) mass is 274 g/mol. The fourth-order valence-corrected chi connectivity index (χ4v) is 2.42. The number of carbonyl (C=O) groups is 1. The molecule has 0 fully saturated rings. The Hall–Kier alpha value is -1.64. The van der Waals surface area contributed by atoms with Gasteiger partial charge in [0.2, 0.25) is 10.0 Å². The summed E-state index contributed by atoms with van der Waals surface area (Å²) in [6.07, 6.45) is 0. The fourth-order valence-electron chi connectivity index (χ4n) is 1.23. The Bertz CT molecular complexity index is 515. The van der Waals surface area contributed by atoms with Gasteiger partial charge in [-0.3, -0.25) is 10.3 Å². The maximum absolute atomic E-state index is 11.8. The summed E-state index contributed by atoms with van der Waals surface area (Å²) >= 11 is 0. The highest BCUT2D eigenvalue weighted by atomic mass is 32.2. The zero-order valence-electron chi connectivity index (χ0n) is 9.71. The van der Waals surface area contributed by atoms with E-state index in [0.29, 0.717) is 0 Å². The van der Waals surface area contributed by atoms with Crippen molar-refractivity contribution in [2.24, 2.45) is 0 Å². The maximum atomic E-state index is 11.8. The first-order valence-corrected chi connectivity index (χ1v) is 6.64. The van der Waals surface area contributed by atoms with Crippen LogP contribution in [0.5, 0.6) is 0 Å². The average molecular weight is 274 g/mol. The molecule has 0 heterocycles. The molecule has 0 atom stereocenters. The topological polar surface area (TPSA) is 105 Å². The standard InChI is InChI=1S/C10H14N2O5S/c1-2-11-18(15,16)9-6-4-3-5-8(9)12-17-7-10(13)14/h3-6,11-12H,2,7H2,1H3,(H,13,14). The number of rotatable bonds is 7. The lowest BCUT2D eigenvalue weighted by molar-refractivity contribution is -0.141. The van der Waals surface area contributed by atoms with E-state index in [1.54, 1.807) is 19.1 Å². The van der Waals surface area contributed by atoms with E-state index in [9.17, 15) is 13.2 Å². The minimum Gasteiger partial charge on any atom is -0.479 e. The van der Waals surface area contributed by atoms with Crippen molar-refractivity contribution in [1.29, 1.82) is 0 Å². The lowest BCUT2D eigenvalue weighted by atomic mass is 10.3. The van der Waals surface area contributed by atoms with Crippen LogP contribution in [-0.2, 0) is 19.7 Å². The number of para-hydroxylation sites is 1. The van der Waals surface area contributed by atoms with E-state index < -0.39 is 22.6 Å². The number of carboxylic acids is 1. The molecule has 1 aromatic carbocycles. The van der Waals surface area contributed by atoms with Gasteiger partial charge in [0.1, 0.15) is 4.90 Å². The second kappa shape index (κ2) is 6.34. The number of benzene rings is 1. The first kappa shape index (κ1) is 14.4. The number of hydrogen-bond acceptors (Lipinski definition) is 5. The summed E-state index contributed by atoms with van der Waals surface area (Å²) in [5, 5.41) is 8.41. The minimum atomic E-state index is -3.63. The Kier molecular flexibility index (Phi) is 5.08. The van der Waals surface area contributed by atoms with Gasteiger partial charge < -0.3 is 5.11 Å². The molecule has 0 aliphatic heterocycles. The molecule has 0 saturated heterocycles. The SMILES string of the molecule is CCNS(=O)(=O)c1ccccc1NOCC(=O)O. The van der Waals surface area contributed by atoms with Gasteiger partial charge in [-0.2, -0.15) is 0 Å². The van der Waals surface area contributed by atoms with Crippen LogP contribution in [0.4, 0.5) is 5.69 Å². The quantitative estimate of drug-likeness (QED) is 0.622. The largest absolute Gasteiger partial charge is 0.479 e. The second-order valence-electron chi connectivity index (χ2n) is 3.28.